The quantitative estimate of drug-likeness (QED) is 0.108. The molecule has 3 nitrogen and oxygen atoms in total. The van der Waals surface area contributed by atoms with Gasteiger partial charge in [-0.15, -0.1) is 0 Å². The summed E-state index contributed by atoms with van der Waals surface area (Å²) in [7, 11) is 11.6. The SMILES string of the molecule is Cn1c(C=Nc2ccc(B(c3ccccc3)c3ccccc3)cc2)ccc1C=Nc1ccc(B(c2ccccc2)c2ccccc2)cc1.[Cl][Fe][Cl]. The second kappa shape index (κ2) is 18.4. The molecule has 1 heterocycles. The van der Waals surface area contributed by atoms with Crippen LogP contribution in [0.2, 0.25) is 0 Å². The van der Waals surface area contributed by atoms with Crippen molar-refractivity contribution in [2.75, 3.05) is 0 Å². The van der Waals surface area contributed by atoms with Gasteiger partial charge in [0.15, 0.2) is 0 Å². The molecule has 7 rings (SSSR count). The molecule has 0 atom stereocenters. The van der Waals surface area contributed by atoms with E-state index in [2.05, 4.69) is 187 Å². The third-order valence-corrected chi connectivity index (χ3v) is 8.88. The molecule has 6 aromatic carbocycles. The third kappa shape index (κ3) is 9.49. The number of hydrogen-bond acceptors (Lipinski definition) is 2. The van der Waals surface area contributed by atoms with Crippen LogP contribution in [0.15, 0.2) is 192 Å². The van der Waals surface area contributed by atoms with Crippen molar-refractivity contribution >= 4 is 90.2 Å². The zero-order chi connectivity index (χ0) is 35.3. The molecule has 0 spiro atoms. The minimum atomic E-state index is 0.172. The Hall–Kier alpha value is -4.83. The number of aromatic nitrogens is 1. The summed E-state index contributed by atoms with van der Waals surface area (Å²) in [4.78, 5) is 9.60. The maximum absolute atomic E-state index is 4.80. The summed E-state index contributed by atoms with van der Waals surface area (Å²) in [6.07, 6.45) is 3.83. The molecule has 0 amide bonds. The summed E-state index contributed by atoms with van der Waals surface area (Å²) < 4.78 is 2.11. The van der Waals surface area contributed by atoms with Crippen LogP contribution in [0.25, 0.3) is 0 Å². The van der Waals surface area contributed by atoms with Crippen molar-refractivity contribution in [2.45, 2.75) is 0 Å². The second-order valence-electron chi connectivity index (χ2n) is 12.0. The molecule has 0 saturated carbocycles. The fourth-order valence-corrected chi connectivity index (χ4v) is 6.33. The normalized spacial score (nSPS) is 11.0. The number of aliphatic imine (C=N–C) groups is 2. The van der Waals surface area contributed by atoms with E-state index in [1.165, 1.54) is 32.8 Å². The van der Waals surface area contributed by atoms with Crippen molar-refractivity contribution < 1.29 is 13.1 Å². The van der Waals surface area contributed by atoms with Gasteiger partial charge in [-0.2, -0.15) is 0 Å². The summed E-state index contributed by atoms with van der Waals surface area (Å²) in [5.41, 5.74) is 11.4. The van der Waals surface area contributed by atoms with Crippen molar-refractivity contribution in [1.82, 2.24) is 4.57 Å². The first-order valence-corrected chi connectivity index (χ1v) is 19.7. The van der Waals surface area contributed by atoms with Gasteiger partial charge >= 0.3 is 33.3 Å². The fourth-order valence-electron chi connectivity index (χ4n) is 6.33. The van der Waals surface area contributed by atoms with E-state index in [4.69, 9.17) is 30.2 Å². The van der Waals surface area contributed by atoms with E-state index in [1.807, 2.05) is 19.5 Å². The Morgan fingerprint density at radius 2 is 0.667 bits per heavy atom. The van der Waals surface area contributed by atoms with Gasteiger partial charge in [-0.3, -0.25) is 9.98 Å². The topological polar surface area (TPSA) is 29.6 Å². The monoisotopic (exact) mass is 741 g/mol. The minimum absolute atomic E-state index is 0.172. The van der Waals surface area contributed by atoms with E-state index in [0.29, 0.717) is 0 Å². The van der Waals surface area contributed by atoms with Gasteiger partial charge in [0.25, 0.3) is 0 Å². The molecule has 0 fully saturated rings. The van der Waals surface area contributed by atoms with Crippen molar-refractivity contribution in [3.63, 3.8) is 0 Å². The molecule has 0 aliphatic rings. The van der Waals surface area contributed by atoms with Gasteiger partial charge in [-0.1, -0.05) is 178 Å². The molecule has 250 valence electrons. The predicted molar refractivity (Wildman–Crippen MR) is 220 cm³/mol. The van der Waals surface area contributed by atoms with E-state index >= 15 is 0 Å². The van der Waals surface area contributed by atoms with Crippen LogP contribution in [-0.2, 0) is 20.2 Å². The number of nitrogens with zero attached hydrogens (tertiary/aromatic N) is 3. The van der Waals surface area contributed by atoms with E-state index in [1.54, 1.807) is 0 Å². The van der Waals surface area contributed by atoms with Gasteiger partial charge in [0.2, 0.25) is 13.4 Å². The third-order valence-electron chi connectivity index (χ3n) is 8.88. The summed E-state index contributed by atoms with van der Waals surface area (Å²) in [6.45, 7) is 0.344. The van der Waals surface area contributed by atoms with Crippen LogP contribution >= 0.6 is 20.2 Å². The number of benzene rings is 6. The van der Waals surface area contributed by atoms with E-state index in [9.17, 15) is 0 Å². The van der Waals surface area contributed by atoms with Gasteiger partial charge in [-0.05, 0) is 36.4 Å². The Kier molecular flexibility index (Phi) is 13.0. The van der Waals surface area contributed by atoms with Crippen LogP contribution in [0.4, 0.5) is 11.4 Å². The van der Waals surface area contributed by atoms with Crippen LogP contribution in [0.1, 0.15) is 11.4 Å². The van der Waals surface area contributed by atoms with Crippen LogP contribution < -0.4 is 32.8 Å². The molecular formula is C43H35B2Cl2FeN3. The van der Waals surface area contributed by atoms with Gasteiger partial charge in [-0.25, -0.2) is 0 Å². The van der Waals surface area contributed by atoms with Crippen LogP contribution in [0.3, 0.4) is 0 Å². The molecule has 0 N–H and O–H groups in total. The Morgan fingerprint density at radius 3 is 0.941 bits per heavy atom. The van der Waals surface area contributed by atoms with Crippen molar-refractivity contribution in [2.24, 2.45) is 17.0 Å². The Labute approximate surface area is 316 Å². The molecule has 0 saturated heterocycles. The fraction of sp³-hybridized carbons (Fsp3) is 0.0233. The van der Waals surface area contributed by atoms with E-state index < -0.39 is 0 Å². The second-order valence-corrected chi connectivity index (χ2v) is 13.8. The first kappa shape index (κ1) is 36.0. The van der Waals surface area contributed by atoms with Crippen molar-refractivity contribution in [1.29, 1.82) is 0 Å². The predicted octanol–water partition coefficient (Wildman–Crippen LogP) is 6.94. The first-order valence-electron chi connectivity index (χ1n) is 16.6. The molecule has 0 aliphatic heterocycles. The standard InChI is InChI=1S/C43H35B2N3.2ClH.Fe/c1-48-42(32-46-40-26-22-38(23-27-40)44(34-14-6-2-7-15-34)35-16-8-3-9-17-35)30-31-43(48)33-47-41-28-24-39(25-29-41)45(36-18-10-4-11-19-36)37-20-12-5-13-21-37;;;/h2-33H,1H3;2*1H;/q;;;+2/p-2. The van der Waals surface area contributed by atoms with Crippen molar-refractivity contribution in [3.05, 3.63) is 193 Å². The van der Waals surface area contributed by atoms with Gasteiger partial charge < -0.3 is 4.57 Å². The molecular weight excluding hydrogens is 707 g/mol. The zero-order valence-electron chi connectivity index (χ0n) is 28.1. The molecule has 0 bridgehead atoms. The summed E-state index contributed by atoms with van der Waals surface area (Å²) in [5.74, 6) is 0. The zero-order valence-corrected chi connectivity index (χ0v) is 30.7. The molecule has 7 aromatic rings. The summed E-state index contributed by atoms with van der Waals surface area (Å²) in [5, 5.41) is 0. The Morgan fingerprint density at radius 1 is 0.412 bits per heavy atom. The number of halogens is 2. The average molecular weight is 742 g/mol. The molecule has 8 heteroatoms. The molecule has 1 aromatic heterocycles. The van der Waals surface area contributed by atoms with Gasteiger partial charge in [0.05, 0.1) is 35.2 Å². The van der Waals surface area contributed by atoms with Crippen LogP contribution in [-0.4, -0.2) is 30.4 Å². The molecule has 51 heavy (non-hydrogen) atoms. The number of rotatable bonds is 10. The van der Waals surface area contributed by atoms with Gasteiger partial charge in [0.1, 0.15) is 0 Å². The molecule has 0 unspecified atom stereocenters. The Bertz CT molecular complexity index is 1910. The Balaban J connectivity index is 0.00000144. The van der Waals surface area contributed by atoms with Gasteiger partial charge in [0, 0.05) is 7.05 Å². The van der Waals surface area contributed by atoms with E-state index in [0.717, 1.165) is 22.8 Å². The van der Waals surface area contributed by atoms with Crippen LogP contribution in [0, 0.1) is 0 Å². The van der Waals surface area contributed by atoms with Crippen molar-refractivity contribution in [3.8, 4) is 0 Å². The summed E-state index contributed by atoms with van der Waals surface area (Å²) in [6, 6.07) is 64.0. The average Bonchev–Trinajstić information content (AvgIpc) is 3.55. The first-order chi connectivity index (χ1) is 25.1. The van der Waals surface area contributed by atoms with E-state index in [-0.39, 0.29) is 26.6 Å². The molecule has 0 radical (unpaired) electrons. The summed E-state index contributed by atoms with van der Waals surface area (Å²) >= 11 is 0.194. The van der Waals surface area contributed by atoms with Crippen LogP contribution in [0.5, 0.6) is 0 Å². The number of hydrogen-bond donors (Lipinski definition) is 0. The molecule has 0 aliphatic carbocycles. The maximum atomic E-state index is 4.80.